The molecule has 1 saturated heterocycles. The molecular weight excluding hydrogens is 308 g/mol. The van der Waals surface area contributed by atoms with Crippen molar-refractivity contribution in [3.05, 3.63) is 83.4 Å². The molecule has 2 heteroatoms. The molecule has 0 amide bonds. The first kappa shape index (κ1) is 17.9. The summed E-state index contributed by atoms with van der Waals surface area (Å²) in [5.41, 5.74) is 5.13. The first-order valence-corrected chi connectivity index (χ1v) is 9.32. The lowest BCUT2D eigenvalue weighted by Crippen LogP contribution is -2.25. The molecule has 0 spiro atoms. The van der Waals surface area contributed by atoms with Gasteiger partial charge >= 0.3 is 0 Å². The number of rotatable bonds is 7. The summed E-state index contributed by atoms with van der Waals surface area (Å²) in [5, 5.41) is 0. The highest BCUT2D eigenvalue weighted by atomic mass is 16.7. The third kappa shape index (κ3) is 4.81. The van der Waals surface area contributed by atoms with Crippen molar-refractivity contribution < 1.29 is 9.47 Å². The van der Waals surface area contributed by atoms with Crippen molar-refractivity contribution >= 4 is 0 Å². The molecule has 1 aliphatic rings. The van der Waals surface area contributed by atoms with Crippen molar-refractivity contribution in [3.8, 4) is 0 Å². The summed E-state index contributed by atoms with van der Waals surface area (Å²) in [6, 6.07) is 17.4. The second-order valence-corrected chi connectivity index (χ2v) is 6.71. The van der Waals surface area contributed by atoms with Crippen LogP contribution >= 0.6 is 0 Å². The van der Waals surface area contributed by atoms with Crippen LogP contribution in [0.2, 0.25) is 0 Å². The first-order chi connectivity index (χ1) is 12.3. The predicted molar refractivity (Wildman–Crippen MR) is 103 cm³/mol. The molecule has 3 rings (SSSR count). The molecule has 2 aromatic rings. The Morgan fingerprint density at radius 3 is 2.12 bits per heavy atom. The second-order valence-electron chi connectivity index (χ2n) is 6.71. The zero-order valence-corrected chi connectivity index (χ0v) is 15.1. The number of allylic oxidation sites excluding steroid dienone is 1. The molecule has 0 aromatic heterocycles. The number of unbranched alkanes of at least 4 members (excludes halogenated alkanes) is 1. The maximum absolute atomic E-state index is 5.99. The highest BCUT2D eigenvalue weighted by molar-refractivity contribution is 5.27. The van der Waals surface area contributed by atoms with Gasteiger partial charge in [-0.15, -0.1) is 6.58 Å². The van der Waals surface area contributed by atoms with E-state index in [1.165, 1.54) is 16.7 Å². The van der Waals surface area contributed by atoms with Crippen LogP contribution in [-0.4, -0.2) is 13.2 Å². The number of ether oxygens (including phenoxy) is 2. The molecule has 0 atom stereocenters. The van der Waals surface area contributed by atoms with E-state index in [4.69, 9.17) is 9.47 Å². The number of hydrogen-bond donors (Lipinski definition) is 0. The highest BCUT2D eigenvalue weighted by Crippen LogP contribution is 2.30. The van der Waals surface area contributed by atoms with E-state index in [1.54, 1.807) is 0 Å². The molecule has 0 saturated carbocycles. The Hall–Kier alpha value is -1.90. The average molecular weight is 336 g/mol. The van der Waals surface area contributed by atoms with Gasteiger partial charge in [-0.1, -0.05) is 61.5 Å². The van der Waals surface area contributed by atoms with Crippen LogP contribution in [0.1, 0.15) is 54.2 Å². The van der Waals surface area contributed by atoms with E-state index < -0.39 is 0 Å². The Bertz CT molecular complexity index is 649. The maximum atomic E-state index is 5.99. The number of hydrogen-bond acceptors (Lipinski definition) is 2. The Morgan fingerprint density at radius 1 is 0.920 bits per heavy atom. The smallest absolute Gasteiger partial charge is 0.183 e. The largest absolute Gasteiger partial charge is 0.348 e. The lowest BCUT2D eigenvalue weighted by molar-refractivity contribution is -0.191. The van der Waals surface area contributed by atoms with E-state index >= 15 is 0 Å². The van der Waals surface area contributed by atoms with Gasteiger partial charge in [-0.3, -0.25) is 0 Å². The highest BCUT2D eigenvalue weighted by Gasteiger charge is 2.24. The van der Waals surface area contributed by atoms with Crippen molar-refractivity contribution in [3.63, 3.8) is 0 Å². The van der Waals surface area contributed by atoms with Gasteiger partial charge in [-0.2, -0.15) is 0 Å². The SMILES string of the molecule is C=CCCCc1ccc(C2OCC(c3ccc(CC)cc3)CO2)cc1. The molecule has 25 heavy (non-hydrogen) atoms. The van der Waals surface area contributed by atoms with Crippen LogP contribution in [0.15, 0.2) is 61.2 Å². The van der Waals surface area contributed by atoms with E-state index in [0.29, 0.717) is 19.1 Å². The van der Waals surface area contributed by atoms with E-state index in [2.05, 4.69) is 62.0 Å². The monoisotopic (exact) mass is 336 g/mol. The summed E-state index contributed by atoms with van der Waals surface area (Å²) in [4.78, 5) is 0. The fourth-order valence-corrected chi connectivity index (χ4v) is 3.21. The normalized spacial score (nSPS) is 20.4. The van der Waals surface area contributed by atoms with Crippen LogP contribution in [0.25, 0.3) is 0 Å². The van der Waals surface area contributed by atoms with Gasteiger partial charge in [0.15, 0.2) is 6.29 Å². The lowest BCUT2D eigenvalue weighted by atomic mass is 9.98. The topological polar surface area (TPSA) is 18.5 Å². The molecule has 0 bridgehead atoms. The molecule has 0 unspecified atom stereocenters. The molecule has 0 aliphatic carbocycles. The molecule has 0 N–H and O–H groups in total. The Labute approximate surface area is 151 Å². The van der Waals surface area contributed by atoms with Gasteiger partial charge in [-0.05, 0) is 42.4 Å². The van der Waals surface area contributed by atoms with Gasteiger partial charge in [0.25, 0.3) is 0 Å². The van der Waals surface area contributed by atoms with Crippen molar-refractivity contribution in [1.29, 1.82) is 0 Å². The van der Waals surface area contributed by atoms with Crippen LogP contribution in [0.5, 0.6) is 0 Å². The third-order valence-electron chi connectivity index (χ3n) is 4.88. The Kier molecular flexibility index (Phi) is 6.43. The summed E-state index contributed by atoms with van der Waals surface area (Å²) in [6.07, 6.45) is 6.12. The van der Waals surface area contributed by atoms with Crippen LogP contribution in [0, 0.1) is 0 Å². The van der Waals surface area contributed by atoms with Gasteiger partial charge in [-0.25, -0.2) is 0 Å². The van der Waals surface area contributed by atoms with Crippen molar-refractivity contribution in [1.82, 2.24) is 0 Å². The second kappa shape index (κ2) is 8.98. The summed E-state index contributed by atoms with van der Waals surface area (Å²) in [7, 11) is 0. The van der Waals surface area contributed by atoms with Crippen LogP contribution in [0.3, 0.4) is 0 Å². The van der Waals surface area contributed by atoms with E-state index in [0.717, 1.165) is 31.2 Å². The fraction of sp³-hybridized carbons (Fsp3) is 0.391. The van der Waals surface area contributed by atoms with Crippen molar-refractivity contribution in [2.75, 3.05) is 13.2 Å². The quantitative estimate of drug-likeness (QED) is 0.485. The zero-order chi connectivity index (χ0) is 17.5. The Morgan fingerprint density at radius 2 is 1.52 bits per heavy atom. The van der Waals surface area contributed by atoms with E-state index in [9.17, 15) is 0 Å². The minimum Gasteiger partial charge on any atom is -0.348 e. The Balaban J connectivity index is 1.53. The lowest BCUT2D eigenvalue weighted by Gasteiger charge is -2.30. The molecule has 2 aromatic carbocycles. The summed E-state index contributed by atoms with van der Waals surface area (Å²) >= 11 is 0. The summed E-state index contributed by atoms with van der Waals surface area (Å²) < 4.78 is 12.0. The average Bonchev–Trinajstić information content (AvgIpc) is 2.69. The molecule has 1 heterocycles. The molecular formula is C23H28O2. The number of benzene rings is 2. The van der Waals surface area contributed by atoms with E-state index in [-0.39, 0.29) is 6.29 Å². The summed E-state index contributed by atoms with van der Waals surface area (Å²) in [6.45, 7) is 7.36. The zero-order valence-electron chi connectivity index (χ0n) is 15.1. The van der Waals surface area contributed by atoms with Crippen LogP contribution < -0.4 is 0 Å². The van der Waals surface area contributed by atoms with Crippen LogP contribution in [-0.2, 0) is 22.3 Å². The maximum Gasteiger partial charge on any atom is 0.183 e. The first-order valence-electron chi connectivity index (χ1n) is 9.32. The van der Waals surface area contributed by atoms with Gasteiger partial charge < -0.3 is 9.47 Å². The third-order valence-corrected chi connectivity index (χ3v) is 4.88. The molecule has 0 radical (unpaired) electrons. The predicted octanol–water partition coefficient (Wildman–Crippen LogP) is 5.59. The van der Waals surface area contributed by atoms with Gasteiger partial charge in [0, 0.05) is 11.5 Å². The molecule has 132 valence electrons. The van der Waals surface area contributed by atoms with Crippen molar-refractivity contribution in [2.45, 2.75) is 44.8 Å². The molecule has 2 nitrogen and oxygen atoms in total. The number of aryl methyl sites for hydroxylation is 2. The van der Waals surface area contributed by atoms with Crippen molar-refractivity contribution in [2.24, 2.45) is 0 Å². The molecule has 1 fully saturated rings. The van der Waals surface area contributed by atoms with Gasteiger partial charge in [0.2, 0.25) is 0 Å². The molecule has 1 aliphatic heterocycles. The fourth-order valence-electron chi connectivity index (χ4n) is 3.21. The minimum atomic E-state index is -0.242. The minimum absolute atomic E-state index is 0.242. The standard InChI is InChI=1S/C23H28O2/c1-3-5-6-7-19-10-14-21(15-11-19)23-24-16-22(17-25-23)20-12-8-18(4-2)9-13-20/h3,8-15,22-23H,1,4-7,16-17H2,2H3. The van der Waals surface area contributed by atoms with Gasteiger partial charge in [0.1, 0.15) is 0 Å². The van der Waals surface area contributed by atoms with Gasteiger partial charge in [0.05, 0.1) is 13.2 Å². The van der Waals surface area contributed by atoms with Crippen LogP contribution in [0.4, 0.5) is 0 Å². The summed E-state index contributed by atoms with van der Waals surface area (Å²) in [5.74, 6) is 0.320. The van der Waals surface area contributed by atoms with E-state index in [1.807, 2.05) is 6.08 Å².